The summed E-state index contributed by atoms with van der Waals surface area (Å²) >= 11 is 0. The van der Waals surface area contributed by atoms with Crippen LogP contribution in [-0.2, 0) is 6.42 Å². The molecule has 2 aromatic carbocycles. The van der Waals surface area contributed by atoms with Gasteiger partial charge in [0, 0.05) is 23.6 Å². The van der Waals surface area contributed by atoms with Crippen LogP contribution in [0.4, 0.5) is 0 Å². The van der Waals surface area contributed by atoms with Gasteiger partial charge in [-0.15, -0.1) is 0 Å². The molecule has 1 unspecified atom stereocenters. The molecule has 1 aliphatic rings. The maximum Gasteiger partial charge on any atom is 0.230 e. The van der Waals surface area contributed by atoms with Crippen molar-refractivity contribution in [3.05, 3.63) is 66.6 Å². The lowest BCUT2D eigenvalue weighted by molar-refractivity contribution is 0.241. The van der Waals surface area contributed by atoms with Gasteiger partial charge in [-0.05, 0) is 69.8 Å². The first-order valence-corrected chi connectivity index (χ1v) is 12.9. The lowest BCUT2D eigenvalue weighted by Crippen LogP contribution is -2.30. The molecular formula is C30H32N4O2. The van der Waals surface area contributed by atoms with Crippen LogP contribution in [0.15, 0.2) is 65.3 Å². The first-order valence-electron chi connectivity index (χ1n) is 12.9. The van der Waals surface area contributed by atoms with Crippen LogP contribution < -0.4 is 4.74 Å². The van der Waals surface area contributed by atoms with E-state index in [4.69, 9.17) is 19.4 Å². The molecule has 6 nitrogen and oxygen atoms in total. The first-order chi connectivity index (χ1) is 17.8. The molecule has 1 fully saturated rings. The minimum absolute atomic E-state index is 0.531. The molecule has 0 bridgehead atoms. The fourth-order valence-corrected chi connectivity index (χ4v) is 5.32. The average molecular weight is 481 g/mol. The van der Waals surface area contributed by atoms with E-state index < -0.39 is 0 Å². The summed E-state index contributed by atoms with van der Waals surface area (Å²) in [5.41, 5.74) is 4.77. The smallest absolute Gasteiger partial charge is 0.230 e. The summed E-state index contributed by atoms with van der Waals surface area (Å²) in [6.45, 7) is 4.74. The van der Waals surface area contributed by atoms with Crippen LogP contribution in [-0.4, -0.2) is 40.6 Å². The zero-order chi connectivity index (χ0) is 24.7. The zero-order valence-electron chi connectivity index (χ0n) is 20.8. The van der Waals surface area contributed by atoms with E-state index in [1.54, 1.807) is 6.33 Å². The standard InChI is InChI=1S/C30H32N4O2/c1-2-35-25-15-12-22(13-16-25)27-28-26(17-14-24-11-8-20-34(24)19-7-6-18-31)32-21-33-30(28)36-29(27)23-9-4-3-5-10-23/h3-5,9-10,12-13,15-16,21,24H,2,6-8,11,14,17,19-20H2,1H3. The molecule has 1 saturated heterocycles. The van der Waals surface area contributed by atoms with Crippen LogP contribution in [0, 0.1) is 11.3 Å². The topological polar surface area (TPSA) is 75.2 Å². The fourth-order valence-electron chi connectivity index (χ4n) is 5.32. The van der Waals surface area contributed by atoms with Crippen LogP contribution in [0.5, 0.6) is 5.75 Å². The number of furan rings is 1. The van der Waals surface area contributed by atoms with E-state index >= 15 is 0 Å². The second kappa shape index (κ2) is 11.4. The Morgan fingerprint density at radius 2 is 1.92 bits per heavy atom. The van der Waals surface area contributed by atoms with Crippen molar-refractivity contribution in [1.29, 1.82) is 5.26 Å². The summed E-state index contributed by atoms with van der Waals surface area (Å²) in [6, 6.07) is 21.2. The molecule has 4 aromatic rings. The van der Waals surface area contributed by atoms with Crippen LogP contribution in [0.1, 0.15) is 44.7 Å². The molecule has 184 valence electrons. The third kappa shape index (κ3) is 5.12. The molecule has 0 N–H and O–H groups in total. The van der Waals surface area contributed by atoms with Gasteiger partial charge in [0.15, 0.2) is 0 Å². The highest BCUT2D eigenvalue weighted by atomic mass is 16.5. The number of aryl methyl sites for hydroxylation is 1. The number of aromatic nitrogens is 2. The third-order valence-corrected chi connectivity index (χ3v) is 7.00. The van der Waals surface area contributed by atoms with Crippen LogP contribution in [0.25, 0.3) is 33.6 Å². The van der Waals surface area contributed by atoms with Gasteiger partial charge in [-0.1, -0.05) is 42.5 Å². The summed E-state index contributed by atoms with van der Waals surface area (Å²) in [5, 5.41) is 9.90. The summed E-state index contributed by atoms with van der Waals surface area (Å²) in [7, 11) is 0. The van der Waals surface area contributed by atoms with Gasteiger partial charge in [0.2, 0.25) is 5.71 Å². The lowest BCUT2D eigenvalue weighted by atomic mass is 9.96. The van der Waals surface area contributed by atoms with E-state index in [0.717, 1.165) is 71.6 Å². The summed E-state index contributed by atoms with van der Waals surface area (Å²) in [5.74, 6) is 1.67. The second-order valence-corrected chi connectivity index (χ2v) is 9.26. The number of benzene rings is 2. The monoisotopic (exact) mass is 480 g/mol. The Labute approximate surface area is 212 Å². The molecule has 0 spiro atoms. The number of unbranched alkanes of at least 4 members (excludes halogenated alkanes) is 1. The number of fused-ring (bicyclic) bond motifs is 1. The molecule has 1 atom stereocenters. The van der Waals surface area contributed by atoms with Gasteiger partial charge >= 0.3 is 0 Å². The largest absolute Gasteiger partial charge is 0.494 e. The van der Waals surface area contributed by atoms with E-state index in [-0.39, 0.29) is 0 Å². The Bertz CT molecular complexity index is 1330. The van der Waals surface area contributed by atoms with Crippen molar-refractivity contribution in [2.45, 2.75) is 51.5 Å². The number of nitrogens with zero attached hydrogens (tertiary/aromatic N) is 4. The number of hydrogen-bond acceptors (Lipinski definition) is 6. The van der Waals surface area contributed by atoms with E-state index in [1.807, 2.05) is 37.3 Å². The van der Waals surface area contributed by atoms with Crippen molar-refractivity contribution in [3.63, 3.8) is 0 Å². The van der Waals surface area contributed by atoms with Gasteiger partial charge < -0.3 is 14.1 Å². The van der Waals surface area contributed by atoms with Gasteiger partial charge in [-0.2, -0.15) is 5.26 Å². The molecule has 6 heteroatoms. The zero-order valence-corrected chi connectivity index (χ0v) is 20.8. The van der Waals surface area contributed by atoms with E-state index in [0.29, 0.717) is 24.8 Å². The molecule has 5 rings (SSSR count). The van der Waals surface area contributed by atoms with Crippen molar-refractivity contribution >= 4 is 11.1 Å². The van der Waals surface area contributed by atoms with Crippen molar-refractivity contribution in [1.82, 2.24) is 14.9 Å². The molecule has 0 amide bonds. The normalized spacial score (nSPS) is 15.8. The summed E-state index contributed by atoms with van der Waals surface area (Å²) < 4.78 is 12.1. The number of likely N-dealkylation sites (tertiary alicyclic amines) is 1. The molecule has 0 saturated carbocycles. The third-order valence-electron chi connectivity index (χ3n) is 7.00. The Morgan fingerprint density at radius 3 is 2.69 bits per heavy atom. The Hall–Kier alpha value is -3.69. The van der Waals surface area contributed by atoms with Gasteiger partial charge in [0.1, 0.15) is 17.8 Å². The molecule has 0 aliphatic carbocycles. The van der Waals surface area contributed by atoms with Crippen LogP contribution >= 0.6 is 0 Å². The number of ether oxygens (including phenoxy) is 1. The van der Waals surface area contributed by atoms with Gasteiger partial charge in [-0.25, -0.2) is 9.97 Å². The van der Waals surface area contributed by atoms with E-state index in [9.17, 15) is 0 Å². The number of rotatable bonds is 10. The van der Waals surface area contributed by atoms with Gasteiger partial charge in [0.05, 0.1) is 23.8 Å². The maximum atomic E-state index is 8.91. The molecule has 3 heterocycles. The summed E-state index contributed by atoms with van der Waals surface area (Å²) in [4.78, 5) is 11.8. The predicted molar refractivity (Wildman–Crippen MR) is 142 cm³/mol. The molecule has 0 radical (unpaired) electrons. The fraction of sp³-hybridized carbons (Fsp3) is 0.367. The Morgan fingerprint density at radius 1 is 1.08 bits per heavy atom. The molecule has 2 aromatic heterocycles. The average Bonchev–Trinajstić information content (AvgIpc) is 3.53. The van der Waals surface area contributed by atoms with Crippen LogP contribution in [0.2, 0.25) is 0 Å². The highest BCUT2D eigenvalue weighted by molar-refractivity contribution is 6.01. The molecule has 1 aliphatic heterocycles. The van der Waals surface area contributed by atoms with E-state index in [2.05, 4.69) is 40.2 Å². The second-order valence-electron chi connectivity index (χ2n) is 9.26. The number of nitriles is 1. The van der Waals surface area contributed by atoms with Gasteiger partial charge in [-0.3, -0.25) is 0 Å². The van der Waals surface area contributed by atoms with Crippen molar-refractivity contribution in [2.24, 2.45) is 0 Å². The highest BCUT2D eigenvalue weighted by Gasteiger charge is 2.26. The lowest BCUT2D eigenvalue weighted by Gasteiger charge is -2.24. The first kappa shape index (κ1) is 24.0. The molecular weight excluding hydrogens is 448 g/mol. The molecule has 36 heavy (non-hydrogen) atoms. The number of hydrogen-bond donors (Lipinski definition) is 0. The SMILES string of the molecule is CCOc1ccc(-c2c(-c3ccccc3)oc3ncnc(CCC4CCCN4CCCC#N)c23)cc1. The minimum Gasteiger partial charge on any atom is -0.494 e. The summed E-state index contributed by atoms with van der Waals surface area (Å²) in [6.07, 6.45) is 7.50. The van der Waals surface area contributed by atoms with Crippen molar-refractivity contribution < 1.29 is 9.15 Å². The highest BCUT2D eigenvalue weighted by Crippen LogP contribution is 2.42. The Kier molecular flexibility index (Phi) is 7.58. The van der Waals surface area contributed by atoms with Gasteiger partial charge in [0.25, 0.3) is 0 Å². The van der Waals surface area contributed by atoms with Crippen molar-refractivity contribution in [3.8, 4) is 34.3 Å². The quantitative estimate of drug-likeness (QED) is 0.236. The minimum atomic E-state index is 0.531. The van der Waals surface area contributed by atoms with Crippen LogP contribution in [0.3, 0.4) is 0 Å². The van der Waals surface area contributed by atoms with Crippen molar-refractivity contribution in [2.75, 3.05) is 19.7 Å². The predicted octanol–water partition coefficient (Wildman–Crippen LogP) is 6.66. The Balaban J connectivity index is 1.51. The maximum absolute atomic E-state index is 8.91. The van der Waals surface area contributed by atoms with E-state index in [1.165, 1.54) is 12.8 Å².